The summed E-state index contributed by atoms with van der Waals surface area (Å²) >= 11 is 0. The van der Waals surface area contributed by atoms with Crippen molar-refractivity contribution in [2.45, 2.75) is 0 Å². The minimum atomic E-state index is -0.461. The topological polar surface area (TPSA) is 139 Å². The second-order valence-corrected chi connectivity index (χ2v) is 7.67. The van der Waals surface area contributed by atoms with E-state index >= 15 is 0 Å². The van der Waals surface area contributed by atoms with Crippen molar-refractivity contribution in [2.75, 3.05) is 0 Å². The lowest BCUT2D eigenvalue weighted by Crippen LogP contribution is -1.95. The van der Waals surface area contributed by atoms with E-state index < -0.39 is 4.92 Å². The molecule has 0 radical (unpaired) electrons. The van der Waals surface area contributed by atoms with Gasteiger partial charge in [0.25, 0.3) is 17.5 Å². The lowest BCUT2D eigenvalue weighted by atomic mass is 10.2. The molecule has 0 atom stereocenters. The highest BCUT2D eigenvalue weighted by Crippen LogP contribution is 2.33. The molecule has 0 saturated carbocycles. The van der Waals surface area contributed by atoms with Crippen LogP contribution in [0, 0.1) is 10.1 Å². The zero-order valence-electron chi connectivity index (χ0n) is 18.4. The van der Waals surface area contributed by atoms with Gasteiger partial charge >= 0.3 is 0 Å². The van der Waals surface area contributed by atoms with Crippen molar-refractivity contribution >= 4 is 5.69 Å². The summed E-state index contributed by atoms with van der Waals surface area (Å²) in [5.74, 6) is 1.03. The Kier molecular flexibility index (Phi) is 5.11. The van der Waals surface area contributed by atoms with Crippen molar-refractivity contribution in [1.82, 2.24) is 30.2 Å². The summed E-state index contributed by atoms with van der Waals surface area (Å²) in [6.07, 6.45) is 1.67. The van der Waals surface area contributed by atoms with E-state index in [4.69, 9.17) is 8.83 Å². The number of nitro groups is 1. The Balaban J connectivity index is 1.45. The van der Waals surface area contributed by atoms with Gasteiger partial charge in [-0.1, -0.05) is 36.4 Å². The molecule has 0 N–H and O–H groups in total. The first-order valence-electron chi connectivity index (χ1n) is 10.8. The average Bonchev–Trinajstić information content (AvgIpc) is 3.69. The maximum Gasteiger partial charge on any atom is 0.269 e. The number of nitrogens with zero attached hydrogens (tertiary/aromatic N) is 7. The van der Waals surface area contributed by atoms with Crippen molar-refractivity contribution in [2.24, 2.45) is 0 Å². The summed E-state index contributed by atoms with van der Waals surface area (Å²) in [4.78, 5) is 10.6. The summed E-state index contributed by atoms with van der Waals surface area (Å²) in [6.45, 7) is 0. The normalized spacial score (nSPS) is 11.0. The van der Waals surface area contributed by atoms with Gasteiger partial charge in [0.2, 0.25) is 11.8 Å². The van der Waals surface area contributed by atoms with E-state index in [1.54, 1.807) is 18.3 Å². The maximum atomic E-state index is 11.0. The smallest absolute Gasteiger partial charge is 0.269 e. The van der Waals surface area contributed by atoms with E-state index in [2.05, 4.69) is 25.5 Å². The highest BCUT2D eigenvalue weighted by molar-refractivity contribution is 5.73. The number of hydrogen-bond acceptors (Lipinski definition) is 9. The van der Waals surface area contributed by atoms with Crippen molar-refractivity contribution in [3.63, 3.8) is 0 Å². The quantitative estimate of drug-likeness (QED) is 0.233. The summed E-state index contributed by atoms with van der Waals surface area (Å²) in [6, 6.07) is 24.7. The molecule has 36 heavy (non-hydrogen) atoms. The van der Waals surface area contributed by atoms with Crippen LogP contribution in [0.3, 0.4) is 0 Å². The van der Waals surface area contributed by atoms with E-state index in [1.165, 1.54) is 16.8 Å². The monoisotopic (exact) mass is 477 g/mol. The third-order valence-corrected chi connectivity index (χ3v) is 5.36. The Bertz CT molecular complexity index is 1560. The summed E-state index contributed by atoms with van der Waals surface area (Å²) in [5.41, 5.74) is 2.87. The maximum absolute atomic E-state index is 11.0. The molecule has 0 aliphatic rings. The van der Waals surface area contributed by atoms with Crippen LogP contribution < -0.4 is 0 Å². The number of nitro benzene ring substituents is 1. The predicted octanol–water partition coefficient (Wildman–Crippen LogP) is 5.21. The summed E-state index contributed by atoms with van der Waals surface area (Å²) in [5, 5.41) is 32.4. The van der Waals surface area contributed by atoms with Gasteiger partial charge in [0.05, 0.1) is 16.2 Å². The third kappa shape index (κ3) is 3.90. The van der Waals surface area contributed by atoms with E-state index in [0.717, 1.165) is 11.1 Å². The lowest BCUT2D eigenvalue weighted by Gasteiger charge is -1.99. The molecular weight excluding hydrogens is 462 g/mol. The standard InChI is InChI=1S/C25H15N7O4/c33-32(34)19-13-11-18(12-14-19)31-15-20(24-28-26-22(35-24)16-7-3-1-4-8-16)21(30-31)25-29-27-23(36-25)17-9-5-2-6-10-17/h1-15H. The molecule has 0 saturated heterocycles. The van der Waals surface area contributed by atoms with Crippen molar-refractivity contribution in [3.05, 3.63) is 101 Å². The molecule has 0 spiro atoms. The number of non-ortho nitro benzene ring substituents is 1. The first kappa shape index (κ1) is 21.1. The molecule has 174 valence electrons. The van der Waals surface area contributed by atoms with Gasteiger partial charge in [-0.15, -0.1) is 20.4 Å². The van der Waals surface area contributed by atoms with Crippen LogP contribution in [0.4, 0.5) is 5.69 Å². The van der Waals surface area contributed by atoms with Crippen LogP contribution in [0.1, 0.15) is 0 Å². The molecule has 3 aromatic carbocycles. The van der Waals surface area contributed by atoms with E-state index in [1.807, 2.05) is 60.7 Å². The first-order chi connectivity index (χ1) is 17.7. The molecule has 11 nitrogen and oxygen atoms in total. The van der Waals surface area contributed by atoms with Gasteiger partial charge in [-0.25, -0.2) is 4.68 Å². The Labute approximate surface area is 202 Å². The minimum absolute atomic E-state index is 0.0276. The van der Waals surface area contributed by atoms with Crippen LogP contribution in [0.2, 0.25) is 0 Å². The molecule has 6 aromatic rings. The summed E-state index contributed by atoms with van der Waals surface area (Å²) in [7, 11) is 0. The van der Waals surface area contributed by atoms with Crippen molar-refractivity contribution in [3.8, 4) is 51.6 Å². The third-order valence-electron chi connectivity index (χ3n) is 5.36. The Morgan fingerprint density at radius 2 is 1.19 bits per heavy atom. The zero-order valence-corrected chi connectivity index (χ0v) is 18.4. The van der Waals surface area contributed by atoms with Crippen molar-refractivity contribution < 1.29 is 13.8 Å². The zero-order chi connectivity index (χ0) is 24.5. The predicted molar refractivity (Wildman–Crippen MR) is 128 cm³/mol. The summed E-state index contributed by atoms with van der Waals surface area (Å²) < 4.78 is 13.4. The fourth-order valence-electron chi connectivity index (χ4n) is 3.59. The molecule has 0 aliphatic heterocycles. The van der Waals surface area contributed by atoms with E-state index in [0.29, 0.717) is 28.7 Å². The lowest BCUT2D eigenvalue weighted by molar-refractivity contribution is -0.384. The highest BCUT2D eigenvalue weighted by Gasteiger charge is 2.24. The average molecular weight is 477 g/mol. The number of hydrogen-bond donors (Lipinski definition) is 0. The second kappa shape index (κ2) is 8.72. The first-order valence-corrected chi connectivity index (χ1v) is 10.8. The molecule has 0 bridgehead atoms. The van der Waals surface area contributed by atoms with Crippen LogP contribution in [0.15, 0.2) is 100.0 Å². The molecule has 3 heterocycles. The molecule has 0 amide bonds. The second-order valence-electron chi connectivity index (χ2n) is 7.67. The number of rotatable bonds is 6. The van der Waals surface area contributed by atoms with E-state index in [9.17, 15) is 10.1 Å². The SMILES string of the molecule is O=[N+]([O-])c1ccc(-n2cc(-c3nnc(-c4ccccc4)o3)c(-c3nnc(-c4ccccc4)o3)n2)cc1. The fourth-order valence-corrected chi connectivity index (χ4v) is 3.59. The molecule has 0 fully saturated rings. The molecule has 6 rings (SSSR count). The van der Waals surface area contributed by atoms with Crippen LogP contribution in [0.5, 0.6) is 0 Å². The molecule has 0 aliphatic carbocycles. The van der Waals surface area contributed by atoms with E-state index in [-0.39, 0.29) is 17.5 Å². The largest absolute Gasteiger partial charge is 0.416 e. The van der Waals surface area contributed by atoms with Gasteiger partial charge in [-0.2, -0.15) is 5.10 Å². The van der Waals surface area contributed by atoms with Gasteiger partial charge in [0, 0.05) is 29.5 Å². The number of aromatic nitrogens is 6. The van der Waals surface area contributed by atoms with Crippen LogP contribution >= 0.6 is 0 Å². The minimum Gasteiger partial charge on any atom is -0.416 e. The Morgan fingerprint density at radius 3 is 1.78 bits per heavy atom. The Morgan fingerprint density at radius 1 is 0.667 bits per heavy atom. The highest BCUT2D eigenvalue weighted by atomic mass is 16.6. The van der Waals surface area contributed by atoms with Crippen LogP contribution in [-0.2, 0) is 0 Å². The molecule has 0 unspecified atom stereocenters. The van der Waals surface area contributed by atoms with Gasteiger partial charge < -0.3 is 8.83 Å². The van der Waals surface area contributed by atoms with Gasteiger partial charge in [-0.05, 0) is 36.4 Å². The fraction of sp³-hybridized carbons (Fsp3) is 0. The van der Waals surface area contributed by atoms with Crippen LogP contribution in [-0.4, -0.2) is 35.1 Å². The Hall–Kier alpha value is -5.45. The molecule has 11 heteroatoms. The molecule has 3 aromatic heterocycles. The van der Waals surface area contributed by atoms with Crippen molar-refractivity contribution in [1.29, 1.82) is 0 Å². The van der Waals surface area contributed by atoms with Crippen LogP contribution in [0.25, 0.3) is 51.6 Å². The van der Waals surface area contributed by atoms with Gasteiger partial charge in [0.1, 0.15) is 0 Å². The number of benzene rings is 3. The van der Waals surface area contributed by atoms with Gasteiger partial charge in [-0.3, -0.25) is 10.1 Å². The molecular formula is C25H15N7O4. The van der Waals surface area contributed by atoms with Gasteiger partial charge in [0.15, 0.2) is 5.69 Å².